The fourth-order valence-electron chi connectivity index (χ4n) is 3.15. The smallest absolute Gasteiger partial charge is 0.251 e. The van der Waals surface area contributed by atoms with E-state index in [0.29, 0.717) is 5.03 Å². The van der Waals surface area contributed by atoms with Crippen molar-refractivity contribution in [3.63, 3.8) is 0 Å². The van der Waals surface area contributed by atoms with Gasteiger partial charge in [-0.3, -0.25) is 4.79 Å². The Morgan fingerprint density at radius 3 is 2.63 bits per heavy atom. The molecule has 1 aromatic heterocycles. The van der Waals surface area contributed by atoms with Gasteiger partial charge in [0.2, 0.25) is 5.91 Å². The maximum atomic E-state index is 13.2. The minimum Gasteiger partial charge on any atom is -0.618 e. The van der Waals surface area contributed by atoms with Gasteiger partial charge in [-0.15, -0.1) is 11.8 Å². The molecule has 1 atom stereocenters. The summed E-state index contributed by atoms with van der Waals surface area (Å²) in [5, 5.41) is 12.4. The van der Waals surface area contributed by atoms with Crippen molar-refractivity contribution in [1.82, 2.24) is 0 Å². The van der Waals surface area contributed by atoms with Gasteiger partial charge >= 0.3 is 0 Å². The minimum atomic E-state index is -0.0191. The molecule has 2 aromatic carbocycles. The molecule has 4 rings (SSSR count). The number of thioether (sulfide) groups is 2. The Morgan fingerprint density at radius 1 is 1.07 bits per heavy atom. The SMILES string of the molecule is O=C(CSc1cccc[n+]1[O-])N1c2ccccc2SC[C@@H]1c1ccccc1. The highest BCUT2D eigenvalue weighted by atomic mass is 32.2. The summed E-state index contributed by atoms with van der Waals surface area (Å²) < 4.78 is 0.798. The molecule has 1 aliphatic rings. The predicted octanol–water partition coefficient (Wildman–Crippen LogP) is 4.29. The molecule has 1 aliphatic heterocycles. The van der Waals surface area contributed by atoms with Crippen LogP contribution in [0.2, 0.25) is 0 Å². The first-order valence-corrected chi connectivity index (χ1v) is 10.6. The first-order chi connectivity index (χ1) is 13.2. The van der Waals surface area contributed by atoms with Crippen LogP contribution in [-0.4, -0.2) is 17.4 Å². The van der Waals surface area contributed by atoms with E-state index < -0.39 is 0 Å². The highest BCUT2D eigenvalue weighted by Crippen LogP contribution is 2.43. The Balaban J connectivity index is 1.63. The standard InChI is InChI=1S/C21H18N2O2S2/c24-20(15-27-21-12-6-7-13-22(21)25)23-17-10-4-5-11-19(17)26-14-18(23)16-8-2-1-3-9-16/h1-13,18H,14-15H2/t18-/m1/s1. The maximum Gasteiger partial charge on any atom is 0.251 e. The number of carbonyl (C=O) groups is 1. The molecule has 3 aromatic rings. The number of hydrogen-bond donors (Lipinski definition) is 0. The lowest BCUT2D eigenvalue weighted by atomic mass is 10.1. The summed E-state index contributed by atoms with van der Waals surface area (Å²) in [4.78, 5) is 16.2. The third-order valence-electron chi connectivity index (χ3n) is 4.42. The number of para-hydroxylation sites is 1. The number of carbonyl (C=O) groups excluding carboxylic acids is 1. The van der Waals surface area contributed by atoms with Gasteiger partial charge < -0.3 is 10.1 Å². The summed E-state index contributed by atoms with van der Waals surface area (Å²) in [6.07, 6.45) is 1.45. The number of anilines is 1. The molecule has 0 radical (unpaired) electrons. The maximum absolute atomic E-state index is 13.2. The number of hydrogen-bond acceptors (Lipinski definition) is 4. The monoisotopic (exact) mass is 394 g/mol. The quantitative estimate of drug-likeness (QED) is 0.376. The Labute approximate surface area is 166 Å². The fraction of sp³-hybridized carbons (Fsp3) is 0.143. The van der Waals surface area contributed by atoms with Crippen LogP contribution < -0.4 is 9.63 Å². The average Bonchev–Trinajstić information content (AvgIpc) is 2.72. The zero-order valence-corrected chi connectivity index (χ0v) is 16.2. The molecule has 0 spiro atoms. The van der Waals surface area contributed by atoms with Gasteiger partial charge in [-0.1, -0.05) is 42.5 Å². The molecule has 0 fully saturated rings. The van der Waals surface area contributed by atoms with Gasteiger partial charge in [0.15, 0.2) is 6.20 Å². The second-order valence-electron chi connectivity index (χ2n) is 6.12. The zero-order valence-electron chi connectivity index (χ0n) is 14.5. The van der Waals surface area contributed by atoms with Gasteiger partial charge in [0, 0.05) is 22.8 Å². The van der Waals surface area contributed by atoms with Gasteiger partial charge in [0.1, 0.15) is 0 Å². The van der Waals surface area contributed by atoms with Crippen molar-refractivity contribution in [2.75, 3.05) is 16.4 Å². The zero-order chi connectivity index (χ0) is 18.6. The molecule has 1 amide bonds. The van der Waals surface area contributed by atoms with Crippen molar-refractivity contribution in [2.45, 2.75) is 16.0 Å². The van der Waals surface area contributed by atoms with Gasteiger partial charge in [0.25, 0.3) is 5.03 Å². The van der Waals surface area contributed by atoms with E-state index in [-0.39, 0.29) is 17.7 Å². The van der Waals surface area contributed by atoms with E-state index in [2.05, 4.69) is 18.2 Å². The lowest BCUT2D eigenvalue weighted by molar-refractivity contribution is -0.645. The highest BCUT2D eigenvalue weighted by Gasteiger charge is 2.32. The normalized spacial score (nSPS) is 16.0. The Bertz CT molecular complexity index is 950. The molecule has 136 valence electrons. The van der Waals surface area contributed by atoms with Crippen LogP contribution in [0.5, 0.6) is 0 Å². The molecule has 0 saturated heterocycles. The van der Waals surface area contributed by atoms with Crippen LogP contribution in [0.3, 0.4) is 0 Å². The number of fused-ring (bicyclic) bond motifs is 1. The number of benzene rings is 2. The van der Waals surface area contributed by atoms with E-state index in [0.717, 1.165) is 26.6 Å². The second kappa shape index (κ2) is 8.06. The number of aromatic nitrogens is 1. The van der Waals surface area contributed by atoms with Crippen LogP contribution in [0.25, 0.3) is 0 Å². The summed E-state index contributed by atoms with van der Waals surface area (Å²) in [7, 11) is 0. The van der Waals surface area contributed by atoms with Crippen molar-refractivity contribution in [3.05, 3.63) is 89.8 Å². The summed E-state index contributed by atoms with van der Waals surface area (Å²) in [5.74, 6) is 1.03. The predicted molar refractivity (Wildman–Crippen MR) is 110 cm³/mol. The molecule has 27 heavy (non-hydrogen) atoms. The van der Waals surface area contributed by atoms with Crippen molar-refractivity contribution < 1.29 is 9.52 Å². The molecule has 4 nitrogen and oxygen atoms in total. The number of nitrogens with zero attached hydrogens (tertiary/aromatic N) is 2. The van der Waals surface area contributed by atoms with Crippen LogP contribution in [-0.2, 0) is 4.79 Å². The topological polar surface area (TPSA) is 47.2 Å². The van der Waals surface area contributed by atoms with Crippen LogP contribution in [0, 0.1) is 5.21 Å². The second-order valence-corrected chi connectivity index (χ2v) is 8.18. The van der Waals surface area contributed by atoms with Gasteiger partial charge in [-0.2, -0.15) is 4.73 Å². The minimum absolute atomic E-state index is 0.00505. The van der Waals surface area contributed by atoms with Gasteiger partial charge in [-0.05, 0) is 35.5 Å². The van der Waals surface area contributed by atoms with Crippen LogP contribution in [0.4, 0.5) is 5.69 Å². The Hall–Kier alpha value is -2.44. The number of amides is 1. The van der Waals surface area contributed by atoms with Crippen molar-refractivity contribution in [3.8, 4) is 0 Å². The van der Waals surface area contributed by atoms with E-state index in [1.54, 1.807) is 30.0 Å². The van der Waals surface area contributed by atoms with Crippen LogP contribution in [0.1, 0.15) is 11.6 Å². The van der Waals surface area contributed by atoms with E-state index >= 15 is 0 Å². The van der Waals surface area contributed by atoms with Crippen molar-refractivity contribution in [1.29, 1.82) is 0 Å². The first-order valence-electron chi connectivity index (χ1n) is 8.64. The lowest BCUT2D eigenvalue weighted by Crippen LogP contribution is -2.40. The molecule has 2 heterocycles. The molecule has 0 N–H and O–H groups in total. The third-order valence-corrected chi connectivity index (χ3v) is 6.56. The Kier molecular flexibility index (Phi) is 5.36. The lowest BCUT2D eigenvalue weighted by Gasteiger charge is -2.37. The van der Waals surface area contributed by atoms with E-state index in [1.165, 1.54) is 18.0 Å². The van der Waals surface area contributed by atoms with Crippen molar-refractivity contribution >= 4 is 35.1 Å². The van der Waals surface area contributed by atoms with E-state index in [4.69, 9.17) is 0 Å². The summed E-state index contributed by atoms with van der Waals surface area (Å²) in [6.45, 7) is 0. The number of pyridine rings is 1. The van der Waals surface area contributed by atoms with E-state index in [1.807, 2.05) is 41.3 Å². The molecular formula is C21H18N2O2S2. The van der Waals surface area contributed by atoms with Crippen molar-refractivity contribution in [2.24, 2.45) is 0 Å². The molecule has 0 aliphatic carbocycles. The molecule has 6 heteroatoms. The number of rotatable bonds is 4. The molecular weight excluding hydrogens is 376 g/mol. The van der Waals surface area contributed by atoms with Crippen LogP contribution >= 0.6 is 23.5 Å². The van der Waals surface area contributed by atoms with Crippen LogP contribution in [0.15, 0.2) is 88.9 Å². The average molecular weight is 395 g/mol. The summed E-state index contributed by atoms with van der Waals surface area (Å²) in [5.41, 5.74) is 2.06. The summed E-state index contributed by atoms with van der Waals surface area (Å²) >= 11 is 3.05. The third kappa shape index (κ3) is 3.82. The summed E-state index contributed by atoms with van der Waals surface area (Å²) in [6, 6.07) is 23.3. The van der Waals surface area contributed by atoms with Gasteiger partial charge in [0.05, 0.1) is 17.5 Å². The Morgan fingerprint density at radius 2 is 1.81 bits per heavy atom. The fourth-order valence-corrected chi connectivity index (χ4v) is 5.09. The molecule has 0 bridgehead atoms. The highest BCUT2D eigenvalue weighted by molar-refractivity contribution is 8.00. The molecule has 0 saturated carbocycles. The van der Waals surface area contributed by atoms with E-state index in [9.17, 15) is 10.0 Å². The van der Waals surface area contributed by atoms with Gasteiger partial charge in [-0.25, -0.2) is 0 Å². The first kappa shape index (κ1) is 17.9. The molecule has 0 unspecified atom stereocenters. The largest absolute Gasteiger partial charge is 0.618 e.